The Morgan fingerprint density at radius 1 is 1.00 bits per heavy atom. The number of carbonyl (C=O) groups is 2. The number of ether oxygens (including phenoxy) is 1. The first-order valence-electron chi connectivity index (χ1n) is 9.80. The molecule has 0 bridgehead atoms. The number of carboxylic acids is 1. The van der Waals surface area contributed by atoms with E-state index in [0.717, 1.165) is 6.42 Å². The zero-order valence-corrected chi connectivity index (χ0v) is 17.1. The Morgan fingerprint density at radius 2 is 1.62 bits per heavy atom. The molecular weight excluding hydrogens is 330 g/mol. The quantitative estimate of drug-likeness (QED) is 0.154. The summed E-state index contributed by atoms with van der Waals surface area (Å²) in [6, 6.07) is 0. The average molecular weight is 369 g/mol. The van der Waals surface area contributed by atoms with Crippen LogP contribution in [0, 0.1) is 0 Å². The lowest BCUT2D eigenvalue weighted by atomic mass is 10.1. The highest BCUT2D eigenvalue weighted by atomic mass is 16.5. The fourth-order valence-corrected chi connectivity index (χ4v) is 2.68. The molecule has 0 aliphatic carbocycles. The van der Waals surface area contributed by atoms with Crippen LogP contribution in [-0.4, -0.2) is 55.3 Å². The van der Waals surface area contributed by atoms with Gasteiger partial charge in [0.1, 0.15) is 6.54 Å². The SMILES string of the molecule is CCCCCCCCC/C=C/C=C/C(=O)O[C@H](CC(=O)O)C[N+](C)(C)C. The predicted molar refractivity (Wildman–Crippen MR) is 106 cm³/mol. The molecule has 5 heteroatoms. The van der Waals surface area contributed by atoms with E-state index in [0.29, 0.717) is 11.0 Å². The lowest BCUT2D eigenvalue weighted by Crippen LogP contribution is -2.43. The summed E-state index contributed by atoms with van der Waals surface area (Å²) in [4.78, 5) is 22.7. The second kappa shape index (κ2) is 14.5. The highest BCUT2D eigenvalue weighted by Crippen LogP contribution is 2.09. The number of esters is 1. The van der Waals surface area contributed by atoms with E-state index in [-0.39, 0.29) is 6.42 Å². The summed E-state index contributed by atoms with van der Waals surface area (Å²) < 4.78 is 5.81. The van der Waals surface area contributed by atoms with Crippen LogP contribution in [0.1, 0.15) is 64.7 Å². The lowest BCUT2D eigenvalue weighted by Gasteiger charge is -2.28. The molecule has 0 fully saturated rings. The molecule has 0 aromatic rings. The Hall–Kier alpha value is -1.62. The molecule has 150 valence electrons. The first-order chi connectivity index (χ1) is 12.2. The summed E-state index contributed by atoms with van der Waals surface area (Å²) in [5.74, 6) is -1.46. The topological polar surface area (TPSA) is 63.6 Å². The second-order valence-electron chi connectivity index (χ2n) is 7.83. The van der Waals surface area contributed by atoms with Crippen molar-refractivity contribution in [3.63, 3.8) is 0 Å². The monoisotopic (exact) mass is 368 g/mol. The van der Waals surface area contributed by atoms with E-state index < -0.39 is 18.0 Å². The van der Waals surface area contributed by atoms with Gasteiger partial charge in [0.2, 0.25) is 0 Å². The number of rotatable bonds is 15. The predicted octanol–water partition coefficient (Wildman–Crippen LogP) is 4.33. The summed E-state index contributed by atoms with van der Waals surface area (Å²) in [5.41, 5.74) is 0. The first kappa shape index (κ1) is 24.4. The van der Waals surface area contributed by atoms with E-state index in [4.69, 9.17) is 9.84 Å². The Balaban J connectivity index is 4.02. The standard InChI is InChI=1S/C21H37NO4/c1-5-6-7-8-9-10-11-12-13-14-15-16-21(25)26-19(17-20(23)24)18-22(2,3)4/h13-16,19H,5-12,17-18H2,1-4H3/p+1/b14-13+,16-15+/t19-/m1/s1. The number of unbranched alkanes of at least 4 members (excludes halogenated alkanes) is 7. The molecule has 1 atom stereocenters. The second-order valence-corrected chi connectivity index (χ2v) is 7.83. The molecule has 0 unspecified atom stereocenters. The number of aliphatic carboxylic acids is 1. The van der Waals surface area contributed by atoms with Gasteiger partial charge in [-0.2, -0.15) is 0 Å². The van der Waals surface area contributed by atoms with Crippen LogP contribution >= 0.6 is 0 Å². The molecule has 1 N–H and O–H groups in total. The number of hydrogen-bond donors (Lipinski definition) is 1. The van der Waals surface area contributed by atoms with Gasteiger partial charge in [0.05, 0.1) is 27.6 Å². The van der Waals surface area contributed by atoms with Gasteiger partial charge in [-0.25, -0.2) is 4.79 Å². The molecule has 0 amide bonds. The van der Waals surface area contributed by atoms with E-state index >= 15 is 0 Å². The molecule has 5 nitrogen and oxygen atoms in total. The summed E-state index contributed by atoms with van der Waals surface area (Å²) in [6.45, 7) is 2.68. The van der Waals surface area contributed by atoms with Gasteiger partial charge in [0.15, 0.2) is 6.10 Å². The molecule has 0 heterocycles. The van der Waals surface area contributed by atoms with Crippen molar-refractivity contribution < 1.29 is 23.9 Å². The summed E-state index contributed by atoms with van der Waals surface area (Å²) in [6.07, 6.45) is 16.1. The number of allylic oxidation sites excluding steroid dienone is 3. The van der Waals surface area contributed by atoms with Crippen LogP contribution in [0.4, 0.5) is 0 Å². The molecule has 0 rings (SSSR count). The lowest BCUT2D eigenvalue weighted by molar-refractivity contribution is -0.873. The van der Waals surface area contributed by atoms with Gasteiger partial charge in [-0.1, -0.05) is 63.7 Å². The maximum Gasteiger partial charge on any atom is 0.331 e. The Morgan fingerprint density at radius 3 is 2.19 bits per heavy atom. The molecule has 0 aromatic heterocycles. The van der Waals surface area contributed by atoms with Crippen molar-refractivity contribution in [3.8, 4) is 0 Å². The largest absolute Gasteiger partial charge is 0.481 e. The van der Waals surface area contributed by atoms with Crippen molar-refractivity contribution in [1.82, 2.24) is 0 Å². The molecule has 0 aliphatic rings. The normalized spacial score (nSPS) is 13.4. The van der Waals surface area contributed by atoms with Crippen LogP contribution in [0.15, 0.2) is 24.3 Å². The number of likely N-dealkylation sites (N-methyl/N-ethyl adjacent to an activating group) is 1. The third-order valence-electron chi connectivity index (χ3n) is 3.89. The number of carbonyl (C=O) groups excluding carboxylic acids is 1. The van der Waals surface area contributed by atoms with Crippen LogP contribution in [0.2, 0.25) is 0 Å². The van der Waals surface area contributed by atoms with E-state index in [1.165, 1.54) is 51.0 Å². The number of carboxylic acid groups (broad SMARTS) is 1. The van der Waals surface area contributed by atoms with Gasteiger partial charge in [-0.05, 0) is 12.8 Å². The van der Waals surface area contributed by atoms with Crippen LogP contribution < -0.4 is 0 Å². The minimum atomic E-state index is -0.963. The molecule has 0 spiro atoms. The van der Waals surface area contributed by atoms with Gasteiger partial charge >= 0.3 is 11.9 Å². The molecule has 0 radical (unpaired) electrons. The Labute approximate surface area is 159 Å². The molecule has 26 heavy (non-hydrogen) atoms. The van der Waals surface area contributed by atoms with Crippen LogP contribution in [-0.2, 0) is 14.3 Å². The highest BCUT2D eigenvalue weighted by Gasteiger charge is 2.23. The van der Waals surface area contributed by atoms with Crippen molar-refractivity contribution in [2.45, 2.75) is 70.8 Å². The molecular formula is C21H38NO4+. The maximum absolute atomic E-state index is 11.8. The third-order valence-corrected chi connectivity index (χ3v) is 3.89. The fraction of sp³-hybridized carbons (Fsp3) is 0.714. The van der Waals surface area contributed by atoms with Crippen LogP contribution in [0.25, 0.3) is 0 Å². The van der Waals surface area contributed by atoms with Crippen molar-refractivity contribution in [2.24, 2.45) is 0 Å². The summed E-state index contributed by atoms with van der Waals surface area (Å²) >= 11 is 0. The number of quaternary nitrogens is 1. The zero-order chi connectivity index (χ0) is 19.8. The average Bonchev–Trinajstić information content (AvgIpc) is 2.50. The smallest absolute Gasteiger partial charge is 0.331 e. The van der Waals surface area contributed by atoms with Gasteiger partial charge < -0.3 is 14.3 Å². The first-order valence-corrected chi connectivity index (χ1v) is 9.80. The van der Waals surface area contributed by atoms with Crippen molar-refractivity contribution in [1.29, 1.82) is 0 Å². The fourth-order valence-electron chi connectivity index (χ4n) is 2.68. The number of nitrogens with zero attached hydrogens (tertiary/aromatic N) is 1. The minimum Gasteiger partial charge on any atom is -0.481 e. The highest BCUT2D eigenvalue weighted by molar-refractivity contribution is 5.82. The zero-order valence-electron chi connectivity index (χ0n) is 17.1. The van der Waals surface area contributed by atoms with E-state index in [1.807, 2.05) is 27.2 Å². The summed E-state index contributed by atoms with van der Waals surface area (Å²) in [7, 11) is 5.81. The van der Waals surface area contributed by atoms with Crippen molar-refractivity contribution >= 4 is 11.9 Å². The third kappa shape index (κ3) is 17.2. The van der Waals surface area contributed by atoms with E-state index in [9.17, 15) is 9.59 Å². The van der Waals surface area contributed by atoms with Gasteiger partial charge in [0.25, 0.3) is 0 Å². The van der Waals surface area contributed by atoms with Crippen LogP contribution in [0.5, 0.6) is 0 Å². The van der Waals surface area contributed by atoms with E-state index in [1.54, 1.807) is 6.08 Å². The molecule has 0 saturated heterocycles. The number of hydrogen-bond acceptors (Lipinski definition) is 3. The molecule has 0 aliphatic heterocycles. The van der Waals surface area contributed by atoms with Gasteiger partial charge in [0, 0.05) is 6.08 Å². The summed E-state index contributed by atoms with van der Waals surface area (Å²) in [5, 5.41) is 8.94. The van der Waals surface area contributed by atoms with Crippen LogP contribution in [0.3, 0.4) is 0 Å². The maximum atomic E-state index is 11.8. The molecule has 0 saturated carbocycles. The Kier molecular flexibility index (Phi) is 13.6. The Bertz CT molecular complexity index is 449. The van der Waals surface area contributed by atoms with E-state index in [2.05, 4.69) is 13.0 Å². The van der Waals surface area contributed by atoms with Gasteiger partial charge in [-0.3, -0.25) is 4.79 Å². The van der Waals surface area contributed by atoms with Crippen molar-refractivity contribution in [2.75, 3.05) is 27.7 Å². The van der Waals surface area contributed by atoms with Gasteiger partial charge in [-0.15, -0.1) is 0 Å². The van der Waals surface area contributed by atoms with Crippen molar-refractivity contribution in [3.05, 3.63) is 24.3 Å². The molecule has 0 aromatic carbocycles. The minimum absolute atomic E-state index is 0.177.